The van der Waals surface area contributed by atoms with Gasteiger partial charge in [-0.05, 0) is 19.9 Å². The summed E-state index contributed by atoms with van der Waals surface area (Å²) in [6, 6.07) is 2.02. The van der Waals surface area contributed by atoms with E-state index in [4.69, 9.17) is 11.5 Å². The van der Waals surface area contributed by atoms with E-state index in [2.05, 4.69) is 19.8 Å². The van der Waals surface area contributed by atoms with Gasteiger partial charge in [0.15, 0.2) is 5.13 Å². The maximum absolute atomic E-state index is 5.21. The molecule has 0 aromatic carbocycles. The van der Waals surface area contributed by atoms with Crippen LogP contribution in [0.25, 0.3) is 5.13 Å². The van der Waals surface area contributed by atoms with Crippen molar-refractivity contribution in [3.8, 4) is 5.13 Å². The number of rotatable bonds is 3. The van der Waals surface area contributed by atoms with E-state index < -0.39 is 0 Å². The monoisotopic (exact) mass is 262 g/mol. The molecule has 4 N–H and O–H groups in total. The van der Waals surface area contributed by atoms with Gasteiger partial charge in [0.1, 0.15) is 0 Å². The Hall–Kier alpha value is -2.15. The second kappa shape index (κ2) is 5.01. The molecule has 0 spiro atoms. The molecule has 2 heterocycles. The third-order valence-electron chi connectivity index (χ3n) is 2.45. The smallest absolute Gasteiger partial charge is 0.211 e. The zero-order valence-corrected chi connectivity index (χ0v) is 11.0. The van der Waals surface area contributed by atoms with Gasteiger partial charge in [0.2, 0.25) is 5.96 Å². The van der Waals surface area contributed by atoms with E-state index in [1.54, 1.807) is 23.7 Å². The van der Waals surface area contributed by atoms with Gasteiger partial charge in [-0.1, -0.05) is 0 Å². The molecule has 18 heavy (non-hydrogen) atoms. The first-order valence-electron chi connectivity index (χ1n) is 5.30. The molecule has 0 saturated carbocycles. The molecule has 0 aliphatic rings. The zero-order chi connectivity index (χ0) is 13.1. The van der Waals surface area contributed by atoms with Gasteiger partial charge in [-0.15, -0.1) is 16.4 Å². The first-order chi connectivity index (χ1) is 8.59. The average molecular weight is 262 g/mol. The third kappa shape index (κ3) is 2.40. The fourth-order valence-electron chi connectivity index (χ4n) is 1.70. The SMILES string of the molecule is Cc1cc(/C=N/N=C(N)N)c(C)n1-c1nccs1. The molecule has 6 nitrogen and oxygen atoms in total. The number of thiazole rings is 1. The highest BCUT2D eigenvalue weighted by Crippen LogP contribution is 2.21. The second-order valence-electron chi connectivity index (χ2n) is 3.75. The molecule has 2 aromatic rings. The van der Waals surface area contributed by atoms with Crippen molar-refractivity contribution < 1.29 is 0 Å². The minimum Gasteiger partial charge on any atom is -0.369 e. The number of aryl methyl sites for hydroxylation is 1. The number of aromatic nitrogens is 2. The van der Waals surface area contributed by atoms with Crippen LogP contribution < -0.4 is 11.5 Å². The molecule has 2 rings (SSSR count). The highest BCUT2D eigenvalue weighted by atomic mass is 32.1. The lowest BCUT2D eigenvalue weighted by molar-refractivity contribution is 0.949. The summed E-state index contributed by atoms with van der Waals surface area (Å²) in [5.41, 5.74) is 13.5. The van der Waals surface area contributed by atoms with Crippen molar-refractivity contribution in [3.63, 3.8) is 0 Å². The summed E-state index contributed by atoms with van der Waals surface area (Å²) in [6.07, 6.45) is 3.41. The minimum atomic E-state index is -0.0556. The van der Waals surface area contributed by atoms with Gasteiger partial charge in [-0.3, -0.25) is 4.57 Å². The molecule has 0 aliphatic heterocycles. The molecule has 2 aromatic heterocycles. The van der Waals surface area contributed by atoms with E-state index in [1.165, 1.54) is 0 Å². The van der Waals surface area contributed by atoms with E-state index in [9.17, 15) is 0 Å². The molecule has 0 unspecified atom stereocenters. The maximum atomic E-state index is 5.21. The fourth-order valence-corrected chi connectivity index (χ4v) is 2.45. The van der Waals surface area contributed by atoms with Gasteiger partial charge < -0.3 is 11.5 Å². The van der Waals surface area contributed by atoms with Gasteiger partial charge >= 0.3 is 0 Å². The maximum Gasteiger partial charge on any atom is 0.211 e. The summed E-state index contributed by atoms with van der Waals surface area (Å²) in [5.74, 6) is -0.0556. The fraction of sp³-hybridized carbons (Fsp3) is 0.182. The highest BCUT2D eigenvalue weighted by molar-refractivity contribution is 7.12. The third-order valence-corrected chi connectivity index (χ3v) is 3.21. The number of nitrogens with two attached hydrogens (primary N) is 2. The summed E-state index contributed by atoms with van der Waals surface area (Å²) in [6.45, 7) is 4.03. The average Bonchev–Trinajstić information content (AvgIpc) is 2.88. The molecular formula is C11H14N6S. The normalized spacial score (nSPS) is 11.0. The number of nitrogens with zero attached hydrogens (tertiary/aromatic N) is 4. The van der Waals surface area contributed by atoms with Crippen LogP contribution >= 0.6 is 11.3 Å². The summed E-state index contributed by atoms with van der Waals surface area (Å²) in [5, 5.41) is 10.3. The molecule has 0 bridgehead atoms. The minimum absolute atomic E-state index is 0.0556. The van der Waals surface area contributed by atoms with E-state index in [0.29, 0.717) is 0 Å². The second-order valence-corrected chi connectivity index (χ2v) is 4.62. The largest absolute Gasteiger partial charge is 0.369 e. The Bertz CT molecular complexity index is 589. The predicted molar refractivity (Wildman–Crippen MR) is 74.3 cm³/mol. The molecule has 0 saturated heterocycles. The lowest BCUT2D eigenvalue weighted by Gasteiger charge is -2.03. The quantitative estimate of drug-likeness (QED) is 0.493. The van der Waals surface area contributed by atoms with Crippen LogP contribution in [0.5, 0.6) is 0 Å². The highest BCUT2D eigenvalue weighted by Gasteiger charge is 2.10. The number of hydrogen-bond donors (Lipinski definition) is 2. The van der Waals surface area contributed by atoms with Crippen molar-refractivity contribution >= 4 is 23.5 Å². The molecular weight excluding hydrogens is 248 g/mol. The molecule has 0 aliphatic carbocycles. The predicted octanol–water partition coefficient (Wildman–Crippen LogP) is 1.16. The lowest BCUT2D eigenvalue weighted by atomic mass is 10.3. The van der Waals surface area contributed by atoms with Crippen molar-refractivity contribution in [1.82, 2.24) is 9.55 Å². The summed E-state index contributed by atoms with van der Waals surface area (Å²) in [4.78, 5) is 4.30. The van der Waals surface area contributed by atoms with Gasteiger partial charge in [0.25, 0.3) is 0 Å². The van der Waals surface area contributed by atoms with Crippen molar-refractivity contribution in [2.75, 3.05) is 0 Å². The summed E-state index contributed by atoms with van der Waals surface area (Å²) >= 11 is 1.59. The van der Waals surface area contributed by atoms with Crippen LogP contribution in [-0.4, -0.2) is 21.7 Å². The zero-order valence-electron chi connectivity index (χ0n) is 10.2. The molecule has 0 radical (unpaired) electrons. The topological polar surface area (TPSA) is 94.6 Å². The van der Waals surface area contributed by atoms with Crippen molar-refractivity contribution in [2.24, 2.45) is 21.7 Å². The van der Waals surface area contributed by atoms with Gasteiger partial charge in [-0.2, -0.15) is 5.10 Å². The van der Waals surface area contributed by atoms with E-state index in [0.717, 1.165) is 22.1 Å². The molecule has 0 amide bonds. The van der Waals surface area contributed by atoms with Crippen molar-refractivity contribution in [2.45, 2.75) is 13.8 Å². The first kappa shape index (κ1) is 12.3. The Morgan fingerprint density at radius 2 is 2.22 bits per heavy atom. The van der Waals surface area contributed by atoms with E-state index in [-0.39, 0.29) is 5.96 Å². The van der Waals surface area contributed by atoms with Crippen LogP contribution in [0.3, 0.4) is 0 Å². The van der Waals surface area contributed by atoms with Crippen molar-refractivity contribution in [1.29, 1.82) is 0 Å². The Labute approximate surface area is 109 Å². The standard InChI is InChI=1S/C11H14N6S/c1-7-5-9(6-15-16-10(12)13)8(2)17(7)11-14-3-4-18-11/h3-6H,1-2H3,(H4,12,13,16)/b15-6+. The van der Waals surface area contributed by atoms with Gasteiger partial charge in [0, 0.05) is 28.5 Å². The van der Waals surface area contributed by atoms with Crippen LogP contribution in [0.4, 0.5) is 0 Å². The van der Waals surface area contributed by atoms with Gasteiger partial charge in [-0.25, -0.2) is 4.98 Å². The van der Waals surface area contributed by atoms with E-state index >= 15 is 0 Å². The van der Waals surface area contributed by atoms with Crippen LogP contribution in [0.1, 0.15) is 17.0 Å². The first-order valence-corrected chi connectivity index (χ1v) is 6.18. The molecule has 7 heteroatoms. The van der Waals surface area contributed by atoms with Crippen LogP contribution in [0.2, 0.25) is 0 Å². The molecule has 0 atom stereocenters. The lowest BCUT2D eigenvalue weighted by Crippen LogP contribution is -2.21. The van der Waals surface area contributed by atoms with Crippen LogP contribution in [0.15, 0.2) is 27.8 Å². The van der Waals surface area contributed by atoms with E-state index in [1.807, 2.05) is 25.3 Å². The van der Waals surface area contributed by atoms with Crippen molar-refractivity contribution in [3.05, 3.63) is 34.6 Å². The number of hydrogen-bond acceptors (Lipinski definition) is 4. The Morgan fingerprint density at radius 3 is 2.83 bits per heavy atom. The Kier molecular flexibility index (Phi) is 3.42. The summed E-state index contributed by atoms with van der Waals surface area (Å²) in [7, 11) is 0. The molecule has 0 fully saturated rings. The Morgan fingerprint density at radius 1 is 1.44 bits per heavy atom. The van der Waals surface area contributed by atoms with Crippen LogP contribution in [-0.2, 0) is 0 Å². The number of guanidine groups is 1. The summed E-state index contributed by atoms with van der Waals surface area (Å²) < 4.78 is 2.07. The molecule has 94 valence electrons. The van der Waals surface area contributed by atoms with Gasteiger partial charge in [0.05, 0.1) is 6.21 Å². The Balaban J connectivity index is 2.39. The van der Waals surface area contributed by atoms with Crippen LogP contribution in [0, 0.1) is 13.8 Å².